The Labute approximate surface area is 218 Å². The summed E-state index contributed by atoms with van der Waals surface area (Å²) in [5, 5.41) is 12.3. The number of amides is 2. The molecule has 0 radical (unpaired) electrons. The van der Waals surface area contributed by atoms with Crippen LogP contribution in [0.15, 0.2) is 42.5 Å². The van der Waals surface area contributed by atoms with E-state index in [0.29, 0.717) is 29.8 Å². The summed E-state index contributed by atoms with van der Waals surface area (Å²) in [5.41, 5.74) is 2.64. The summed E-state index contributed by atoms with van der Waals surface area (Å²) in [7, 11) is 0. The van der Waals surface area contributed by atoms with Crippen molar-refractivity contribution in [1.82, 2.24) is 9.80 Å². The Hall–Kier alpha value is -2.62. The molecular formula is C29H34ClFN4O. The van der Waals surface area contributed by atoms with Crippen LogP contribution >= 0.6 is 11.6 Å². The number of urea groups is 1. The van der Waals surface area contributed by atoms with Gasteiger partial charge < -0.3 is 10.2 Å². The Morgan fingerprint density at radius 3 is 2.89 bits per heavy atom. The number of halogens is 2. The molecule has 2 aromatic carbocycles. The highest BCUT2D eigenvalue weighted by atomic mass is 35.5. The van der Waals surface area contributed by atoms with Crippen LogP contribution in [-0.2, 0) is 5.41 Å². The number of piperidine rings is 1. The van der Waals surface area contributed by atoms with E-state index >= 15 is 0 Å². The number of anilines is 1. The van der Waals surface area contributed by atoms with E-state index in [-0.39, 0.29) is 22.5 Å². The predicted molar refractivity (Wildman–Crippen MR) is 141 cm³/mol. The summed E-state index contributed by atoms with van der Waals surface area (Å²) in [5.74, 6) is 0.0260. The minimum absolute atomic E-state index is 0.00141. The number of likely N-dealkylation sites (tertiary alicyclic amines) is 1. The van der Waals surface area contributed by atoms with Crippen LogP contribution in [0.1, 0.15) is 63.0 Å². The molecule has 5 rings (SSSR count). The first-order valence-corrected chi connectivity index (χ1v) is 13.5. The SMILES string of the molecule is CC1CCCCN1CCN(C(=O)Nc1ccc(F)c(Cl)c1)[C@@H]1CC[C@]2(c3cccc(C#N)c3)CC2C1. The molecule has 7 heteroatoms. The summed E-state index contributed by atoms with van der Waals surface area (Å²) in [6, 6.07) is 15.2. The van der Waals surface area contributed by atoms with Crippen LogP contribution in [0.5, 0.6) is 0 Å². The molecular weight excluding hydrogens is 475 g/mol. The van der Waals surface area contributed by atoms with Gasteiger partial charge in [0.2, 0.25) is 0 Å². The largest absolute Gasteiger partial charge is 0.322 e. The van der Waals surface area contributed by atoms with Gasteiger partial charge in [-0.3, -0.25) is 4.90 Å². The molecule has 4 atom stereocenters. The molecule has 0 bridgehead atoms. The molecule has 2 unspecified atom stereocenters. The van der Waals surface area contributed by atoms with Crippen LogP contribution < -0.4 is 5.32 Å². The average molecular weight is 509 g/mol. The molecule has 1 heterocycles. The van der Waals surface area contributed by atoms with E-state index in [2.05, 4.69) is 29.3 Å². The van der Waals surface area contributed by atoms with Crippen LogP contribution in [0.3, 0.4) is 0 Å². The number of nitrogens with one attached hydrogen (secondary N) is 1. The van der Waals surface area contributed by atoms with Crippen molar-refractivity contribution in [1.29, 1.82) is 5.26 Å². The molecule has 3 fully saturated rings. The number of hydrogen-bond donors (Lipinski definition) is 1. The highest BCUT2D eigenvalue weighted by molar-refractivity contribution is 6.31. The van der Waals surface area contributed by atoms with Gasteiger partial charge in [0.05, 0.1) is 16.7 Å². The minimum Gasteiger partial charge on any atom is -0.320 e. The van der Waals surface area contributed by atoms with Crippen LogP contribution in [0, 0.1) is 23.1 Å². The van der Waals surface area contributed by atoms with Gasteiger partial charge in [-0.15, -0.1) is 0 Å². The fourth-order valence-electron chi connectivity index (χ4n) is 6.49. The number of nitriles is 1. The summed E-state index contributed by atoms with van der Waals surface area (Å²) in [6.07, 6.45) is 7.71. The zero-order chi connectivity index (χ0) is 25.3. The molecule has 0 aromatic heterocycles. The number of carbonyl (C=O) groups is 1. The third kappa shape index (κ3) is 5.10. The molecule has 1 aliphatic heterocycles. The zero-order valence-corrected chi connectivity index (χ0v) is 21.6. The van der Waals surface area contributed by atoms with Crippen molar-refractivity contribution in [2.45, 2.75) is 69.4 Å². The number of rotatable bonds is 6. The maximum atomic E-state index is 13.6. The lowest BCUT2D eigenvalue weighted by molar-refractivity contribution is 0.116. The summed E-state index contributed by atoms with van der Waals surface area (Å²) >= 11 is 5.96. The Balaban J connectivity index is 1.30. The van der Waals surface area contributed by atoms with Gasteiger partial charge in [-0.05, 0) is 99.2 Å². The molecule has 5 nitrogen and oxygen atoms in total. The predicted octanol–water partition coefficient (Wildman–Crippen LogP) is 6.57. The third-order valence-corrected chi connectivity index (χ3v) is 9.01. The Bertz CT molecular complexity index is 1170. The zero-order valence-electron chi connectivity index (χ0n) is 20.9. The normalized spacial score (nSPS) is 27.6. The van der Waals surface area contributed by atoms with Crippen molar-refractivity contribution in [3.8, 4) is 6.07 Å². The van der Waals surface area contributed by atoms with E-state index in [9.17, 15) is 14.4 Å². The fourth-order valence-corrected chi connectivity index (χ4v) is 6.67. The summed E-state index contributed by atoms with van der Waals surface area (Å²) in [4.78, 5) is 18.0. The van der Waals surface area contributed by atoms with Crippen molar-refractivity contribution < 1.29 is 9.18 Å². The molecule has 2 aromatic rings. The monoisotopic (exact) mass is 508 g/mol. The molecule has 2 aliphatic carbocycles. The van der Waals surface area contributed by atoms with Gasteiger partial charge in [-0.2, -0.15) is 5.26 Å². The van der Waals surface area contributed by atoms with E-state index in [0.717, 1.165) is 38.8 Å². The Morgan fingerprint density at radius 1 is 1.28 bits per heavy atom. The quantitative estimate of drug-likeness (QED) is 0.480. The van der Waals surface area contributed by atoms with E-state index in [4.69, 9.17) is 11.6 Å². The average Bonchev–Trinajstić information content (AvgIpc) is 3.63. The fraction of sp³-hybridized carbons (Fsp3) is 0.517. The lowest BCUT2D eigenvalue weighted by Crippen LogP contribution is -2.50. The Kier molecular flexibility index (Phi) is 7.23. The highest BCUT2D eigenvalue weighted by Gasteiger charge is 2.58. The molecule has 0 spiro atoms. The van der Waals surface area contributed by atoms with Crippen molar-refractivity contribution in [2.75, 3.05) is 25.0 Å². The van der Waals surface area contributed by atoms with E-state index in [1.54, 1.807) is 6.07 Å². The van der Waals surface area contributed by atoms with E-state index in [1.807, 2.05) is 23.1 Å². The first-order valence-electron chi connectivity index (χ1n) is 13.2. The van der Waals surface area contributed by atoms with Gasteiger partial charge >= 0.3 is 6.03 Å². The van der Waals surface area contributed by atoms with Crippen molar-refractivity contribution in [3.63, 3.8) is 0 Å². The Morgan fingerprint density at radius 2 is 2.14 bits per heavy atom. The van der Waals surface area contributed by atoms with Gasteiger partial charge in [0.25, 0.3) is 0 Å². The topological polar surface area (TPSA) is 59.4 Å². The van der Waals surface area contributed by atoms with Crippen molar-refractivity contribution >= 4 is 23.3 Å². The van der Waals surface area contributed by atoms with Crippen LogP contribution in [0.25, 0.3) is 0 Å². The third-order valence-electron chi connectivity index (χ3n) is 8.72. The molecule has 1 saturated heterocycles. The highest BCUT2D eigenvalue weighted by Crippen LogP contribution is 2.62. The molecule has 190 valence electrons. The van der Waals surface area contributed by atoms with Crippen molar-refractivity contribution in [2.24, 2.45) is 5.92 Å². The second-order valence-electron chi connectivity index (χ2n) is 10.8. The number of nitrogens with zero attached hydrogens (tertiary/aromatic N) is 3. The van der Waals surface area contributed by atoms with Crippen LogP contribution in [-0.4, -0.2) is 47.5 Å². The number of fused-ring (bicyclic) bond motifs is 1. The molecule has 3 aliphatic rings. The smallest absolute Gasteiger partial charge is 0.320 e. The molecule has 2 amide bonds. The summed E-state index contributed by atoms with van der Waals surface area (Å²) < 4.78 is 13.6. The molecule has 2 saturated carbocycles. The van der Waals surface area contributed by atoms with E-state index < -0.39 is 5.82 Å². The number of hydrogen-bond acceptors (Lipinski definition) is 3. The standard InChI is InChI=1S/C29H34ClFN4O/c1-20-5-2-3-12-34(20)13-14-35(28(36)33-24-8-9-27(31)26(30)17-24)25-10-11-29(18-23(29)16-25)22-7-4-6-21(15-22)19-32/h4,6-9,15,17,20,23,25H,2-3,5,10-14,16,18H2,1H3,(H,33,36)/t20?,23?,25-,29-/m1/s1. The lowest BCUT2D eigenvalue weighted by Gasteiger charge is -2.39. The summed E-state index contributed by atoms with van der Waals surface area (Å²) in [6.45, 7) is 4.88. The van der Waals surface area contributed by atoms with Gasteiger partial charge in [0, 0.05) is 30.9 Å². The van der Waals surface area contributed by atoms with Gasteiger partial charge in [-0.25, -0.2) is 9.18 Å². The second kappa shape index (κ2) is 10.4. The second-order valence-corrected chi connectivity index (χ2v) is 11.2. The maximum absolute atomic E-state index is 13.6. The van der Waals surface area contributed by atoms with Crippen molar-refractivity contribution in [3.05, 3.63) is 64.4 Å². The first kappa shape index (κ1) is 25.0. The van der Waals surface area contributed by atoms with Gasteiger partial charge in [-0.1, -0.05) is 30.2 Å². The lowest BCUT2D eigenvalue weighted by atomic mass is 9.80. The minimum atomic E-state index is -0.497. The molecule has 1 N–H and O–H groups in total. The molecule has 36 heavy (non-hydrogen) atoms. The van der Waals surface area contributed by atoms with Gasteiger partial charge in [0.15, 0.2) is 0 Å². The number of carbonyl (C=O) groups excluding carboxylic acids is 1. The van der Waals surface area contributed by atoms with Crippen LogP contribution in [0.2, 0.25) is 5.02 Å². The van der Waals surface area contributed by atoms with Gasteiger partial charge in [0.1, 0.15) is 5.82 Å². The van der Waals surface area contributed by atoms with E-state index in [1.165, 1.54) is 37.0 Å². The number of benzene rings is 2. The maximum Gasteiger partial charge on any atom is 0.322 e. The van der Waals surface area contributed by atoms with Crippen LogP contribution in [0.4, 0.5) is 14.9 Å². The first-order chi connectivity index (χ1) is 17.4.